The van der Waals surface area contributed by atoms with Gasteiger partial charge in [0.25, 0.3) is 0 Å². The van der Waals surface area contributed by atoms with Crippen molar-refractivity contribution in [2.75, 3.05) is 13.2 Å². The molecule has 1 aliphatic heterocycles. The molecule has 0 saturated carbocycles. The molecule has 1 heterocycles. The van der Waals surface area contributed by atoms with Crippen LogP contribution in [-0.2, 0) is 15.1 Å². The highest BCUT2D eigenvalue weighted by atomic mass is 35.5. The standard InChI is InChI=1S/C18H22ClNO2/c19-16-7-5-15(6-8-16)18(9-11-22-12-10-18)20-17(21)13-14-3-1-2-4-14/h1,3,5-8,14H,2,4,9-13H2,(H,20,21)/t14-/m0/s1. The maximum atomic E-state index is 12.5. The van der Waals surface area contributed by atoms with Crippen molar-refractivity contribution in [2.24, 2.45) is 5.92 Å². The van der Waals surface area contributed by atoms with Crippen LogP contribution in [0, 0.1) is 5.92 Å². The molecule has 1 aliphatic carbocycles. The Bertz CT molecular complexity index is 547. The minimum absolute atomic E-state index is 0.133. The fourth-order valence-corrected chi connectivity index (χ4v) is 3.52. The predicted octanol–water partition coefficient (Wildman–Crippen LogP) is 3.82. The molecule has 3 rings (SSSR count). The largest absolute Gasteiger partial charge is 0.381 e. The zero-order chi connectivity index (χ0) is 15.4. The van der Waals surface area contributed by atoms with Crippen LogP contribution in [0.5, 0.6) is 0 Å². The highest BCUT2D eigenvalue weighted by Gasteiger charge is 2.36. The molecule has 0 unspecified atom stereocenters. The Morgan fingerprint density at radius 3 is 2.64 bits per heavy atom. The van der Waals surface area contributed by atoms with Gasteiger partial charge < -0.3 is 10.1 Å². The minimum Gasteiger partial charge on any atom is -0.381 e. The Hall–Kier alpha value is -1.32. The Morgan fingerprint density at radius 1 is 1.27 bits per heavy atom. The van der Waals surface area contributed by atoms with Crippen LogP contribution in [0.1, 0.15) is 37.7 Å². The monoisotopic (exact) mass is 319 g/mol. The minimum atomic E-state index is -0.317. The highest BCUT2D eigenvalue weighted by Crippen LogP contribution is 2.33. The summed E-state index contributed by atoms with van der Waals surface area (Å²) < 4.78 is 5.50. The molecule has 0 radical (unpaired) electrons. The van der Waals surface area contributed by atoms with E-state index in [2.05, 4.69) is 17.5 Å². The summed E-state index contributed by atoms with van der Waals surface area (Å²) in [4.78, 5) is 12.5. The topological polar surface area (TPSA) is 38.3 Å². The molecule has 1 atom stereocenters. The molecule has 1 aromatic carbocycles. The van der Waals surface area contributed by atoms with Gasteiger partial charge in [0.15, 0.2) is 0 Å². The Labute approximate surface area is 136 Å². The van der Waals surface area contributed by atoms with Crippen molar-refractivity contribution in [2.45, 2.75) is 37.6 Å². The molecular weight excluding hydrogens is 298 g/mol. The molecular formula is C18H22ClNO2. The van der Waals surface area contributed by atoms with Crippen molar-refractivity contribution >= 4 is 17.5 Å². The van der Waals surface area contributed by atoms with E-state index >= 15 is 0 Å². The van der Waals surface area contributed by atoms with E-state index in [1.165, 1.54) is 0 Å². The molecule has 1 saturated heterocycles. The third-order valence-corrected chi connectivity index (χ3v) is 4.93. The smallest absolute Gasteiger partial charge is 0.221 e. The van der Waals surface area contributed by atoms with Crippen LogP contribution in [-0.4, -0.2) is 19.1 Å². The van der Waals surface area contributed by atoms with Crippen LogP contribution >= 0.6 is 11.6 Å². The van der Waals surface area contributed by atoms with Gasteiger partial charge in [-0.05, 0) is 49.3 Å². The Balaban J connectivity index is 1.75. The maximum Gasteiger partial charge on any atom is 0.221 e. The maximum absolute atomic E-state index is 12.5. The number of nitrogens with one attached hydrogen (secondary N) is 1. The first-order chi connectivity index (χ1) is 10.7. The van der Waals surface area contributed by atoms with E-state index < -0.39 is 0 Å². The first-order valence-corrected chi connectivity index (χ1v) is 8.37. The summed E-state index contributed by atoms with van der Waals surface area (Å²) in [5.41, 5.74) is 0.804. The number of hydrogen-bond acceptors (Lipinski definition) is 2. The lowest BCUT2D eigenvalue weighted by molar-refractivity contribution is -0.125. The summed E-state index contributed by atoms with van der Waals surface area (Å²) in [6, 6.07) is 7.81. The van der Waals surface area contributed by atoms with Gasteiger partial charge in [-0.3, -0.25) is 4.79 Å². The van der Waals surface area contributed by atoms with Gasteiger partial charge in [-0.2, -0.15) is 0 Å². The molecule has 4 heteroatoms. The van der Waals surface area contributed by atoms with Gasteiger partial charge in [0.05, 0.1) is 5.54 Å². The van der Waals surface area contributed by atoms with Crippen molar-refractivity contribution in [1.29, 1.82) is 0 Å². The number of benzene rings is 1. The number of halogens is 1. The van der Waals surface area contributed by atoms with Gasteiger partial charge in [0.1, 0.15) is 0 Å². The van der Waals surface area contributed by atoms with Crippen molar-refractivity contribution in [1.82, 2.24) is 5.32 Å². The number of amides is 1. The zero-order valence-electron chi connectivity index (χ0n) is 12.7. The van der Waals surface area contributed by atoms with Crippen LogP contribution in [0.3, 0.4) is 0 Å². The van der Waals surface area contributed by atoms with E-state index in [0.717, 1.165) is 31.2 Å². The first-order valence-electron chi connectivity index (χ1n) is 7.99. The number of carbonyl (C=O) groups excluding carboxylic acids is 1. The summed E-state index contributed by atoms with van der Waals surface area (Å²) in [5, 5.41) is 4.02. The lowest BCUT2D eigenvalue weighted by Crippen LogP contribution is -2.49. The first kappa shape index (κ1) is 15.6. The third kappa shape index (κ3) is 3.53. The fraction of sp³-hybridized carbons (Fsp3) is 0.500. The summed E-state index contributed by atoms with van der Waals surface area (Å²) in [6.45, 7) is 1.35. The van der Waals surface area contributed by atoms with E-state index in [0.29, 0.717) is 30.6 Å². The molecule has 3 nitrogen and oxygen atoms in total. The second-order valence-corrected chi connectivity index (χ2v) is 6.66. The second-order valence-electron chi connectivity index (χ2n) is 6.22. The average molecular weight is 320 g/mol. The predicted molar refractivity (Wildman–Crippen MR) is 87.8 cm³/mol. The summed E-state index contributed by atoms with van der Waals surface area (Å²) in [6.07, 6.45) is 8.70. The van der Waals surface area contributed by atoms with Crippen molar-refractivity contribution in [3.8, 4) is 0 Å². The van der Waals surface area contributed by atoms with Gasteiger partial charge in [-0.15, -0.1) is 0 Å². The Morgan fingerprint density at radius 2 is 2.00 bits per heavy atom. The molecule has 1 amide bonds. The molecule has 2 aliphatic rings. The highest BCUT2D eigenvalue weighted by molar-refractivity contribution is 6.30. The molecule has 118 valence electrons. The van der Waals surface area contributed by atoms with Crippen molar-refractivity contribution in [3.05, 3.63) is 47.0 Å². The van der Waals surface area contributed by atoms with Gasteiger partial charge in [0.2, 0.25) is 5.91 Å². The number of hydrogen-bond donors (Lipinski definition) is 1. The molecule has 22 heavy (non-hydrogen) atoms. The SMILES string of the molecule is O=C(C[C@H]1C=CCC1)NC1(c2ccc(Cl)cc2)CCOCC1. The molecule has 0 aromatic heterocycles. The van der Waals surface area contributed by atoms with E-state index in [1.54, 1.807) is 0 Å². The van der Waals surface area contributed by atoms with Gasteiger partial charge >= 0.3 is 0 Å². The van der Waals surface area contributed by atoms with Gasteiger partial charge in [-0.25, -0.2) is 0 Å². The van der Waals surface area contributed by atoms with E-state index in [-0.39, 0.29) is 11.4 Å². The normalized spacial score (nSPS) is 23.4. The summed E-state index contributed by atoms with van der Waals surface area (Å²) >= 11 is 6.00. The average Bonchev–Trinajstić information content (AvgIpc) is 3.01. The molecule has 1 aromatic rings. The van der Waals surface area contributed by atoms with E-state index in [1.807, 2.05) is 24.3 Å². The van der Waals surface area contributed by atoms with Crippen molar-refractivity contribution < 1.29 is 9.53 Å². The summed E-state index contributed by atoms with van der Waals surface area (Å²) in [7, 11) is 0. The Kier molecular flexibility index (Phi) is 4.84. The number of rotatable bonds is 4. The van der Waals surface area contributed by atoms with Crippen molar-refractivity contribution in [3.63, 3.8) is 0 Å². The van der Waals surface area contributed by atoms with Crippen LogP contribution in [0.2, 0.25) is 5.02 Å². The fourth-order valence-electron chi connectivity index (χ4n) is 3.40. The third-order valence-electron chi connectivity index (χ3n) is 4.68. The quantitative estimate of drug-likeness (QED) is 0.857. The molecule has 0 spiro atoms. The number of carbonyl (C=O) groups is 1. The lowest BCUT2D eigenvalue weighted by atomic mass is 9.82. The van der Waals surface area contributed by atoms with Crippen LogP contribution in [0.15, 0.2) is 36.4 Å². The second kappa shape index (κ2) is 6.84. The number of allylic oxidation sites excluding steroid dienone is 2. The van der Waals surface area contributed by atoms with Crippen LogP contribution in [0.25, 0.3) is 0 Å². The zero-order valence-corrected chi connectivity index (χ0v) is 13.4. The molecule has 0 bridgehead atoms. The van der Waals surface area contributed by atoms with E-state index in [4.69, 9.17) is 16.3 Å². The lowest BCUT2D eigenvalue weighted by Gasteiger charge is -2.39. The van der Waals surface area contributed by atoms with Gasteiger partial charge in [-0.1, -0.05) is 35.9 Å². The summed E-state index contributed by atoms with van der Waals surface area (Å²) in [5.74, 6) is 0.524. The van der Waals surface area contributed by atoms with E-state index in [9.17, 15) is 4.79 Å². The van der Waals surface area contributed by atoms with Gasteiger partial charge in [0, 0.05) is 24.7 Å². The van der Waals surface area contributed by atoms with Crippen LogP contribution < -0.4 is 5.32 Å². The molecule has 1 N–H and O–H groups in total. The molecule has 1 fully saturated rings. The number of ether oxygens (including phenoxy) is 1. The van der Waals surface area contributed by atoms with Crippen LogP contribution in [0.4, 0.5) is 0 Å².